The van der Waals surface area contributed by atoms with Gasteiger partial charge in [-0.3, -0.25) is 0 Å². The first kappa shape index (κ1) is 13.9. The van der Waals surface area contributed by atoms with Gasteiger partial charge in [0.15, 0.2) is 0 Å². The third-order valence-corrected chi connectivity index (χ3v) is 4.61. The normalized spacial score (nSPS) is 17.6. The van der Waals surface area contributed by atoms with Crippen molar-refractivity contribution in [2.45, 2.75) is 19.6 Å². The molecule has 2 aromatic rings. The van der Waals surface area contributed by atoms with Crippen LogP contribution in [0.5, 0.6) is 0 Å². The first-order valence-corrected chi connectivity index (χ1v) is 7.70. The quantitative estimate of drug-likeness (QED) is 0.812. The van der Waals surface area contributed by atoms with Crippen LogP contribution in [0.2, 0.25) is 5.02 Å². The fourth-order valence-corrected chi connectivity index (χ4v) is 3.18. The van der Waals surface area contributed by atoms with E-state index in [1.54, 1.807) is 0 Å². The maximum absolute atomic E-state index is 6.21. The van der Waals surface area contributed by atoms with Crippen molar-refractivity contribution in [2.24, 2.45) is 0 Å². The van der Waals surface area contributed by atoms with E-state index in [0.717, 1.165) is 20.7 Å². The maximum Gasteiger partial charge on any atom is 0.0751 e. The molecule has 3 rings (SSSR count). The highest BCUT2D eigenvalue weighted by Gasteiger charge is 2.21. The minimum atomic E-state index is 0.148. The molecule has 0 aliphatic carbocycles. The highest BCUT2D eigenvalue weighted by atomic mass is 79.9. The van der Waals surface area contributed by atoms with Gasteiger partial charge in [0, 0.05) is 9.50 Å². The lowest BCUT2D eigenvalue weighted by Crippen LogP contribution is -2.23. The lowest BCUT2D eigenvalue weighted by molar-refractivity contribution is 0.0970. The van der Waals surface area contributed by atoms with E-state index >= 15 is 0 Å². The van der Waals surface area contributed by atoms with Gasteiger partial charge in [-0.25, -0.2) is 0 Å². The van der Waals surface area contributed by atoms with E-state index in [2.05, 4.69) is 39.4 Å². The Hall–Kier alpha value is -1.03. The Labute approximate surface area is 132 Å². The van der Waals surface area contributed by atoms with Crippen LogP contribution in [-0.4, -0.2) is 6.61 Å². The van der Waals surface area contributed by atoms with Crippen LogP contribution in [0.4, 0.5) is 5.69 Å². The van der Waals surface area contributed by atoms with E-state index in [0.29, 0.717) is 13.2 Å². The first-order valence-electron chi connectivity index (χ1n) is 6.53. The summed E-state index contributed by atoms with van der Waals surface area (Å²) in [5.74, 6) is 0. The van der Waals surface area contributed by atoms with E-state index in [1.807, 2.05) is 25.1 Å². The van der Waals surface area contributed by atoms with Crippen LogP contribution in [-0.2, 0) is 11.3 Å². The summed E-state index contributed by atoms with van der Waals surface area (Å²) in [4.78, 5) is 0. The fourth-order valence-electron chi connectivity index (χ4n) is 2.45. The summed E-state index contributed by atoms with van der Waals surface area (Å²) in [5, 5.41) is 4.28. The molecule has 104 valence electrons. The number of ether oxygens (including phenoxy) is 1. The lowest BCUT2D eigenvalue weighted by Gasteiger charge is -2.28. The average molecular weight is 353 g/mol. The molecule has 0 amide bonds. The second kappa shape index (κ2) is 5.76. The minimum Gasteiger partial charge on any atom is -0.375 e. The van der Waals surface area contributed by atoms with Gasteiger partial charge >= 0.3 is 0 Å². The van der Waals surface area contributed by atoms with Gasteiger partial charge in [0.25, 0.3) is 0 Å². The number of nitrogens with one attached hydrogen (secondary N) is 1. The lowest BCUT2D eigenvalue weighted by atomic mass is 9.99. The van der Waals surface area contributed by atoms with Crippen molar-refractivity contribution in [2.75, 3.05) is 11.9 Å². The summed E-state index contributed by atoms with van der Waals surface area (Å²) in [6.07, 6.45) is 0. The smallest absolute Gasteiger partial charge is 0.0751 e. The molecule has 0 spiro atoms. The zero-order chi connectivity index (χ0) is 14.1. The van der Waals surface area contributed by atoms with Crippen molar-refractivity contribution in [3.05, 3.63) is 62.6 Å². The van der Waals surface area contributed by atoms with Gasteiger partial charge in [-0.05, 0) is 51.7 Å². The van der Waals surface area contributed by atoms with Crippen molar-refractivity contribution >= 4 is 33.2 Å². The summed E-state index contributed by atoms with van der Waals surface area (Å²) in [5.41, 5.74) is 4.59. The predicted molar refractivity (Wildman–Crippen MR) is 86.4 cm³/mol. The summed E-state index contributed by atoms with van der Waals surface area (Å²) >= 11 is 9.80. The van der Waals surface area contributed by atoms with Crippen LogP contribution in [0.15, 0.2) is 40.9 Å². The molecule has 0 aromatic heterocycles. The SMILES string of the molecule is Cc1cc(Br)c(NC2COCc3ccccc32)cc1Cl. The zero-order valence-corrected chi connectivity index (χ0v) is 13.5. The van der Waals surface area contributed by atoms with E-state index < -0.39 is 0 Å². The molecular weight excluding hydrogens is 338 g/mol. The van der Waals surface area contributed by atoms with Crippen LogP contribution >= 0.6 is 27.5 Å². The van der Waals surface area contributed by atoms with Gasteiger partial charge < -0.3 is 10.1 Å². The van der Waals surface area contributed by atoms with Crippen LogP contribution in [0.1, 0.15) is 22.7 Å². The van der Waals surface area contributed by atoms with Gasteiger partial charge in [-0.15, -0.1) is 0 Å². The van der Waals surface area contributed by atoms with Crippen molar-refractivity contribution in [3.8, 4) is 0 Å². The molecule has 2 nitrogen and oxygen atoms in total. The predicted octanol–water partition coefficient (Wildman–Crippen LogP) is 5.09. The Kier molecular flexibility index (Phi) is 4.01. The topological polar surface area (TPSA) is 21.3 Å². The molecule has 1 heterocycles. The molecule has 1 atom stereocenters. The average Bonchev–Trinajstić information content (AvgIpc) is 2.45. The molecule has 1 unspecified atom stereocenters. The third kappa shape index (κ3) is 2.71. The number of hydrogen-bond acceptors (Lipinski definition) is 2. The van der Waals surface area contributed by atoms with E-state index in [4.69, 9.17) is 16.3 Å². The second-order valence-corrected chi connectivity index (χ2v) is 6.25. The number of fused-ring (bicyclic) bond motifs is 1. The van der Waals surface area contributed by atoms with Crippen molar-refractivity contribution in [1.29, 1.82) is 0 Å². The van der Waals surface area contributed by atoms with E-state index in [9.17, 15) is 0 Å². The molecule has 0 saturated carbocycles. The molecule has 0 fully saturated rings. The Balaban J connectivity index is 1.91. The summed E-state index contributed by atoms with van der Waals surface area (Å²) in [7, 11) is 0. The minimum absolute atomic E-state index is 0.148. The van der Waals surface area contributed by atoms with Crippen molar-refractivity contribution < 1.29 is 4.74 Å². The number of hydrogen-bond donors (Lipinski definition) is 1. The van der Waals surface area contributed by atoms with Gasteiger partial charge in [-0.1, -0.05) is 35.9 Å². The standard InChI is InChI=1S/C16H15BrClNO/c1-10-6-13(17)15(7-14(10)18)19-16-9-20-8-11-4-2-3-5-12(11)16/h2-7,16,19H,8-9H2,1H3. The zero-order valence-electron chi connectivity index (χ0n) is 11.1. The summed E-state index contributed by atoms with van der Waals surface area (Å²) < 4.78 is 6.68. The van der Waals surface area contributed by atoms with E-state index in [1.165, 1.54) is 11.1 Å². The molecule has 4 heteroatoms. The van der Waals surface area contributed by atoms with Crippen molar-refractivity contribution in [3.63, 3.8) is 0 Å². The molecule has 0 bridgehead atoms. The fraction of sp³-hybridized carbons (Fsp3) is 0.250. The highest BCUT2D eigenvalue weighted by molar-refractivity contribution is 9.10. The summed E-state index contributed by atoms with van der Waals surface area (Å²) in [6.45, 7) is 3.34. The number of benzene rings is 2. The van der Waals surface area contributed by atoms with Crippen LogP contribution in [0.3, 0.4) is 0 Å². The third-order valence-electron chi connectivity index (χ3n) is 3.55. The van der Waals surface area contributed by atoms with Gasteiger partial charge in [0.2, 0.25) is 0 Å². The van der Waals surface area contributed by atoms with Gasteiger partial charge in [0.05, 0.1) is 24.9 Å². The molecule has 1 N–H and O–H groups in total. The second-order valence-electron chi connectivity index (χ2n) is 4.99. The van der Waals surface area contributed by atoms with Gasteiger partial charge in [0.1, 0.15) is 0 Å². The number of aryl methyl sites for hydroxylation is 1. The Bertz CT molecular complexity index is 644. The maximum atomic E-state index is 6.21. The van der Waals surface area contributed by atoms with Crippen molar-refractivity contribution in [1.82, 2.24) is 0 Å². The Morgan fingerprint density at radius 3 is 2.95 bits per heavy atom. The highest BCUT2D eigenvalue weighted by Crippen LogP contribution is 2.34. The molecule has 20 heavy (non-hydrogen) atoms. The molecule has 0 radical (unpaired) electrons. The largest absolute Gasteiger partial charge is 0.375 e. The number of anilines is 1. The first-order chi connectivity index (χ1) is 9.65. The molecule has 2 aromatic carbocycles. The molecule has 0 saturated heterocycles. The number of halogens is 2. The van der Waals surface area contributed by atoms with Crippen LogP contribution in [0, 0.1) is 6.92 Å². The molecule has 1 aliphatic heterocycles. The van der Waals surface area contributed by atoms with Gasteiger partial charge in [-0.2, -0.15) is 0 Å². The van der Waals surface area contributed by atoms with E-state index in [-0.39, 0.29) is 6.04 Å². The van der Waals surface area contributed by atoms with Crippen LogP contribution in [0.25, 0.3) is 0 Å². The van der Waals surface area contributed by atoms with Crippen LogP contribution < -0.4 is 5.32 Å². The molecular formula is C16H15BrClNO. The number of rotatable bonds is 2. The monoisotopic (exact) mass is 351 g/mol. The Morgan fingerprint density at radius 1 is 1.30 bits per heavy atom. The molecule has 1 aliphatic rings. The Morgan fingerprint density at radius 2 is 2.10 bits per heavy atom. The summed E-state index contributed by atoms with van der Waals surface area (Å²) in [6, 6.07) is 12.5.